The molecule has 4 nitrogen and oxygen atoms in total. The molecule has 0 unspecified atom stereocenters. The Hall–Kier alpha value is -0.980. The van der Waals surface area contributed by atoms with Crippen molar-refractivity contribution >= 4 is 10.0 Å². The van der Waals surface area contributed by atoms with Crippen LogP contribution in [-0.4, -0.2) is 20.5 Å². The first-order valence-electron chi connectivity index (χ1n) is 7.50. The van der Waals surface area contributed by atoms with Gasteiger partial charge in [-0.3, -0.25) is 0 Å². The van der Waals surface area contributed by atoms with Gasteiger partial charge in [-0.1, -0.05) is 19.9 Å². The maximum atomic E-state index is 14.1. The van der Waals surface area contributed by atoms with Gasteiger partial charge in [0, 0.05) is 18.6 Å². The van der Waals surface area contributed by atoms with Gasteiger partial charge in [0.1, 0.15) is 10.7 Å². The molecule has 0 heterocycles. The predicted molar refractivity (Wildman–Crippen MR) is 81.0 cm³/mol. The lowest BCUT2D eigenvalue weighted by Gasteiger charge is -2.15. The zero-order valence-corrected chi connectivity index (χ0v) is 13.3. The molecule has 2 rings (SSSR count). The maximum Gasteiger partial charge on any atom is 0.243 e. The van der Waals surface area contributed by atoms with Crippen molar-refractivity contribution < 1.29 is 12.8 Å². The van der Waals surface area contributed by atoms with Crippen molar-refractivity contribution in [3.05, 3.63) is 29.6 Å². The third-order valence-corrected chi connectivity index (χ3v) is 5.32. The van der Waals surface area contributed by atoms with E-state index in [0.717, 1.165) is 18.4 Å². The van der Waals surface area contributed by atoms with E-state index in [1.807, 2.05) is 13.8 Å². The summed E-state index contributed by atoms with van der Waals surface area (Å²) >= 11 is 0. The second-order valence-corrected chi connectivity index (χ2v) is 7.24. The molecule has 1 aliphatic rings. The highest BCUT2D eigenvalue weighted by atomic mass is 32.2. The molecular weight excluding hydrogens is 291 g/mol. The molecule has 0 spiro atoms. The summed E-state index contributed by atoms with van der Waals surface area (Å²) in [5.74, 6) is -0.691. The lowest BCUT2D eigenvalue weighted by atomic mass is 10.2. The molecule has 6 heteroatoms. The molecule has 0 radical (unpaired) electrons. The number of halogens is 1. The Morgan fingerprint density at radius 2 is 1.95 bits per heavy atom. The van der Waals surface area contributed by atoms with Crippen LogP contribution in [0.5, 0.6) is 0 Å². The Bertz CT molecular complexity index is 581. The zero-order chi connectivity index (χ0) is 15.5. The lowest BCUT2D eigenvalue weighted by Crippen LogP contribution is -2.34. The van der Waals surface area contributed by atoms with E-state index in [1.165, 1.54) is 12.1 Å². The van der Waals surface area contributed by atoms with E-state index in [1.54, 1.807) is 6.07 Å². The maximum absolute atomic E-state index is 14.1. The molecule has 0 atom stereocenters. The van der Waals surface area contributed by atoms with Crippen LogP contribution < -0.4 is 10.0 Å². The van der Waals surface area contributed by atoms with Crippen molar-refractivity contribution in [1.82, 2.24) is 10.0 Å². The number of hydrogen-bond donors (Lipinski definition) is 2. The van der Waals surface area contributed by atoms with Crippen LogP contribution in [0.4, 0.5) is 4.39 Å². The first-order valence-corrected chi connectivity index (χ1v) is 8.98. The quantitative estimate of drug-likeness (QED) is 0.775. The smallest absolute Gasteiger partial charge is 0.243 e. The van der Waals surface area contributed by atoms with E-state index in [9.17, 15) is 12.8 Å². The van der Waals surface area contributed by atoms with Crippen molar-refractivity contribution in [2.45, 2.75) is 63.1 Å². The van der Waals surface area contributed by atoms with E-state index in [-0.39, 0.29) is 10.9 Å². The van der Waals surface area contributed by atoms with Crippen LogP contribution in [0.1, 0.15) is 45.1 Å². The molecule has 1 saturated carbocycles. The summed E-state index contributed by atoms with van der Waals surface area (Å²) in [6.45, 7) is 4.38. The number of rotatable bonds is 8. The lowest BCUT2D eigenvalue weighted by molar-refractivity contribution is 0.519. The molecule has 1 fully saturated rings. The third-order valence-electron chi connectivity index (χ3n) is 3.77. The van der Waals surface area contributed by atoms with Gasteiger partial charge >= 0.3 is 0 Å². The van der Waals surface area contributed by atoms with Crippen LogP contribution in [0, 0.1) is 5.82 Å². The van der Waals surface area contributed by atoms with E-state index in [2.05, 4.69) is 10.0 Å². The Morgan fingerprint density at radius 3 is 2.48 bits per heavy atom. The fraction of sp³-hybridized carbons (Fsp3) is 0.600. The Labute approximate surface area is 126 Å². The van der Waals surface area contributed by atoms with Crippen LogP contribution in [0.25, 0.3) is 0 Å². The highest BCUT2D eigenvalue weighted by Gasteiger charge is 2.23. The van der Waals surface area contributed by atoms with Gasteiger partial charge < -0.3 is 5.32 Å². The van der Waals surface area contributed by atoms with Crippen LogP contribution >= 0.6 is 0 Å². The molecule has 1 aromatic carbocycles. The standard InChI is InChI=1S/C15H23FN2O2S/c1-3-12(4-2)18-21(19,20)15-8-5-11(9-14(15)16)10-17-13-6-7-13/h5,8-9,12-13,17-18H,3-4,6-7,10H2,1-2H3. The molecular formula is C15H23FN2O2S. The number of hydrogen-bond acceptors (Lipinski definition) is 3. The molecule has 0 aliphatic heterocycles. The van der Waals surface area contributed by atoms with E-state index in [4.69, 9.17) is 0 Å². The minimum Gasteiger partial charge on any atom is -0.310 e. The van der Waals surface area contributed by atoms with Crippen molar-refractivity contribution in [3.63, 3.8) is 0 Å². The highest BCUT2D eigenvalue weighted by Crippen LogP contribution is 2.21. The minimum absolute atomic E-state index is 0.161. The number of sulfonamides is 1. The molecule has 1 aliphatic carbocycles. The molecule has 0 bridgehead atoms. The normalized spacial score (nSPS) is 15.6. The van der Waals surface area contributed by atoms with Gasteiger partial charge in [-0.05, 0) is 43.4 Å². The Morgan fingerprint density at radius 1 is 1.29 bits per heavy atom. The van der Waals surface area contributed by atoms with Crippen molar-refractivity contribution in [2.75, 3.05) is 0 Å². The van der Waals surface area contributed by atoms with Crippen LogP contribution in [0.15, 0.2) is 23.1 Å². The fourth-order valence-corrected chi connectivity index (χ4v) is 3.62. The van der Waals surface area contributed by atoms with Gasteiger partial charge in [-0.15, -0.1) is 0 Å². The number of benzene rings is 1. The molecule has 2 N–H and O–H groups in total. The van der Waals surface area contributed by atoms with E-state index in [0.29, 0.717) is 25.4 Å². The summed E-state index contributed by atoms with van der Waals surface area (Å²) in [6, 6.07) is 4.69. The SMILES string of the molecule is CCC(CC)NS(=O)(=O)c1ccc(CNC2CC2)cc1F. The largest absolute Gasteiger partial charge is 0.310 e. The predicted octanol–water partition coefficient (Wildman–Crippen LogP) is 2.54. The van der Waals surface area contributed by atoms with E-state index < -0.39 is 15.8 Å². The highest BCUT2D eigenvalue weighted by molar-refractivity contribution is 7.89. The zero-order valence-electron chi connectivity index (χ0n) is 12.5. The molecule has 1 aromatic rings. The van der Waals surface area contributed by atoms with Gasteiger partial charge in [0.2, 0.25) is 10.0 Å². The van der Waals surface area contributed by atoms with Crippen LogP contribution in [0.3, 0.4) is 0 Å². The third kappa shape index (κ3) is 4.49. The van der Waals surface area contributed by atoms with Gasteiger partial charge in [0.15, 0.2) is 0 Å². The van der Waals surface area contributed by atoms with Crippen LogP contribution in [-0.2, 0) is 16.6 Å². The second-order valence-electron chi connectivity index (χ2n) is 5.55. The topological polar surface area (TPSA) is 58.2 Å². The fourth-order valence-electron chi connectivity index (χ4n) is 2.16. The number of nitrogens with one attached hydrogen (secondary N) is 2. The summed E-state index contributed by atoms with van der Waals surface area (Å²) in [4.78, 5) is -0.274. The molecule has 118 valence electrons. The summed E-state index contributed by atoms with van der Waals surface area (Å²) in [7, 11) is -3.80. The van der Waals surface area contributed by atoms with Crippen molar-refractivity contribution in [2.24, 2.45) is 0 Å². The molecule has 0 amide bonds. The van der Waals surface area contributed by atoms with Gasteiger partial charge in [0.05, 0.1) is 0 Å². The van der Waals surface area contributed by atoms with Crippen molar-refractivity contribution in [1.29, 1.82) is 0 Å². The first-order chi connectivity index (χ1) is 9.96. The molecule has 0 saturated heterocycles. The average molecular weight is 314 g/mol. The Kier molecular flexibility index (Phi) is 5.35. The van der Waals surface area contributed by atoms with Gasteiger partial charge in [-0.2, -0.15) is 0 Å². The average Bonchev–Trinajstić information content (AvgIpc) is 3.26. The van der Waals surface area contributed by atoms with Gasteiger partial charge in [-0.25, -0.2) is 17.5 Å². The van der Waals surface area contributed by atoms with Crippen molar-refractivity contribution in [3.8, 4) is 0 Å². The molecule has 0 aromatic heterocycles. The molecule has 21 heavy (non-hydrogen) atoms. The van der Waals surface area contributed by atoms with Crippen LogP contribution in [0.2, 0.25) is 0 Å². The summed E-state index contributed by atoms with van der Waals surface area (Å²) in [6.07, 6.45) is 3.68. The van der Waals surface area contributed by atoms with E-state index >= 15 is 0 Å². The summed E-state index contributed by atoms with van der Waals surface area (Å²) in [5, 5.41) is 3.28. The minimum atomic E-state index is -3.80. The monoisotopic (exact) mass is 314 g/mol. The summed E-state index contributed by atoms with van der Waals surface area (Å²) < 4.78 is 41.0. The second kappa shape index (κ2) is 6.85. The van der Waals surface area contributed by atoms with Gasteiger partial charge in [0.25, 0.3) is 0 Å². The first kappa shape index (κ1) is 16.4. The Balaban J connectivity index is 2.10. The summed E-state index contributed by atoms with van der Waals surface area (Å²) in [5.41, 5.74) is 0.765.